The fraction of sp³-hybridized carbons (Fsp3) is 0.560. The van der Waals surface area contributed by atoms with Gasteiger partial charge in [-0.3, -0.25) is 4.98 Å². The lowest BCUT2D eigenvalue weighted by Crippen LogP contribution is -2.47. The molecular formula is C25H28F6N2O2. The van der Waals surface area contributed by atoms with Crippen molar-refractivity contribution < 1.29 is 35.8 Å². The SMILES string of the molecule is FC(F)(F)Oc1ccc([C@]2(CCNCc3cncc(C(F)(F)F)c3)CCOC3(CCCC3)C2)cc1. The summed E-state index contributed by atoms with van der Waals surface area (Å²) >= 11 is 0. The maximum atomic E-state index is 13.0. The number of pyridine rings is 1. The summed E-state index contributed by atoms with van der Waals surface area (Å²) in [5, 5.41) is 3.22. The molecule has 1 aromatic heterocycles. The van der Waals surface area contributed by atoms with Crippen molar-refractivity contribution in [3.63, 3.8) is 0 Å². The van der Waals surface area contributed by atoms with E-state index in [9.17, 15) is 26.3 Å². The zero-order valence-corrected chi connectivity index (χ0v) is 19.1. The van der Waals surface area contributed by atoms with Crippen LogP contribution in [-0.4, -0.2) is 30.1 Å². The highest BCUT2D eigenvalue weighted by Gasteiger charge is 2.47. The van der Waals surface area contributed by atoms with Crippen LogP contribution >= 0.6 is 0 Å². The molecule has 1 aliphatic carbocycles. The summed E-state index contributed by atoms with van der Waals surface area (Å²) in [6.07, 6.45) is -0.809. The second-order valence-electron chi connectivity index (χ2n) is 9.52. The molecule has 2 aliphatic rings. The number of benzene rings is 1. The van der Waals surface area contributed by atoms with Gasteiger partial charge in [-0.15, -0.1) is 13.2 Å². The number of hydrogen-bond acceptors (Lipinski definition) is 4. The molecule has 1 saturated carbocycles. The van der Waals surface area contributed by atoms with Gasteiger partial charge in [-0.25, -0.2) is 0 Å². The van der Waals surface area contributed by atoms with Crippen molar-refractivity contribution in [2.75, 3.05) is 13.2 Å². The summed E-state index contributed by atoms with van der Waals surface area (Å²) in [6, 6.07) is 7.13. The van der Waals surface area contributed by atoms with E-state index in [4.69, 9.17) is 4.74 Å². The Morgan fingerprint density at radius 3 is 2.34 bits per heavy atom. The van der Waals surface area contributed by atoms with Gasteiger partial charge in [0.25, 0.3) is 0 Å². The molecule has 2 fully saturated rings. The Morgan fingerprint density at radius 1 is 0.971 bits per heavy atom. The predicted molar refractivity (Wildman–Crippen MR) is 117 cm³/mol. The molecule has 0 bridgehead atoms. The average molecular weight is 502 g/mol. The summed E-state index contributed by atoms with van der Waals surface area (Å²) in [4.78, 5) is 3.69. The first-order valence-corrected chi connectivity index (χ1v) is 11.7. The van der Waals surface area contributed by atoms with Gasteiger partial charge in [-0.05, 0) is 68.0 Å². The van der Waals surface area contributed by atoms with Crippen LogP contribution in [0.4, 0.5) is 26.3 Å². The van der Waals surface area contributed by atoms with E-state index < -0.39 is 18.1 Å². The van der Waals surface area contributed by atoms with Gasteiger partial charge in [0, 0.05) is 31.0 Å². The van der Waals surface area contributed by atoms with Gasteiger partial charge in [0.2, 0.25) is 0 Å². The Balaban J connectivity index is 1.48. The van der Waals surface area contributed by atoms with Crippen LogP contribution in [0.25, 0.3) is 0 Å². The molecule has 2 aromatic rings. The van der Waals surface area contributed by atoms with E-state index in [2.05, 4.69) is 15.0 Å². The molecule has 4 nitrogen and oxygen atoms in total. The van der Waals surface area contributed by atoms with Crippen LogP contribution in [0, 0.1) is 0 Å². The molecule has 2 heterocycles. The number of nitrogens with one attached hydrogen (secondary N) is 1. The number of alkyl halides is 6. The zero-order valence-electron chi connectivity index (χ0n) is 19.1. The van der Waals surface area contributed by atoms with Crippen molar-refractivity contribution in [3.8, 4) is 5.75 Å². The lowest BCUT2D eigenvalue weighted by atomic mass is 9.66. The summed E-state index contributed by atoms with van der Waals surface area (Å²) < 4.78 is 86.9. The molecule has 0 unspecified atom stereocenters. The molecule has 4 rings (SSSR count). The number of aromatic nitrogens is 1. The summed E-state index contributed by atoms with van der Waals surface area (Å²) in [5.41, 5.74) is 0.0101. The van der Waals surface area contributed by atoms with Crippen LogP contribution in [0.1, 0.15) is 61.6 Å². The Labute approximate surface area is 200 Å². The number of nitrogens with zero attached hydrogens (tertiary/aromatic N) is 1. The van der Waals surface area contributed by atoms with Gasteiger partial charge in [0.05, 0.1) is 11.2 Å². The molecule has 10 heteroatoms. The van der Waals surface area contributed by atoms with E-state index in [0.29, 0.717) is 31.6 Å². The molecule has 1 aliphatic heterocycles. The molecular weight excluding hydrogens is 474 g/mol. The second-order valence-corrected chi connectivity index (χ2v) is 9.52. The Morgan fingerprint density at radius 2 is 1.69 bits per heavy atom. The van der Waals surface area contributed by atoms with Crippen LogP contribution in [0.15, 0.2) is 42.7 Å². The van der Waals surface area contributed by atoms with Gasteiger partial charge in [-0.2, -0.15) is 13.2 Å². The first-order valence-electron chi connectivity index (χ1n) is 11.7. The monoisotopic (exact) mass is 502 g/mol. The summed E-state index contributed by atoms with van der Waals surface area (Å²) in [5.74, 6) is -0.269. The third kappa shape index (κ3) is 6.46. The Kier molecular flexibility index (Phi) is 7.33. The minimum atomic E-state index is -4.76. The fourth-order valence-electron chi connectivity index (χ4n) is 5.47. The highest BCUT2D eigenvalue weighted by Crippen LogP contribution is 2.50. The van der Waals surface area contributed by atoms with Crippen molar-refractivity contribution in [1.82, 2.24) is 10.3 Å². The second kappa shape index (κ2) is 9.97. The van der Waals surface area contributed by atoms with Crippen molar-refractivity contribution in [2.45, 2.75) is 75.0 Å². The van der Waals surface area contributed by atoms with Crippen LogP contribution in [0.5, 0.6) is 5.75 Å². The van der Waals surface area contributed by atoms with E-state index >= 15 is 0 Å². The highest BCUT2D eigenvalue weighted by atomic mass is 19.4. The maximum Gasteiger partial charge on any atom is 0.573 e. The fourth-order valence-corrected chi connectivity index (χ4v) is 5.47. The first-order chi connectivity index (χ1) is 16.5. The average Bonchev–Trinajstić information content (AvgIpc) is 3.23. The van der Waals surface area contributed by atoms with Crippen LogP contribution < -0.4 is 10.1 Å². The quantitative estimate of drug-likeness (QED) is 0.345. The number of rotatable bonds is 7. The molecule has 35 heavy (non-hydrogen) atoms. The van der Waals surface area contributed by atoms with Gasteiger partial charge in [0.1, 0.15) is 5.75 Å². The minimum absolute atomic E-state index is 0.229. The largest absolute Gasteiger partial charge is 0.573 e. The normalized spacial score (nSPS) is 22.5. The third-order valence-corrected chi connectivity index (χ3v) is 7.10. The molecule has 1 aromatic carbocycles. The van der Waals surface area contributed by atoms with E-state index in [1.165, 1.54) is 18.3 Å². The van der Waals surface area contributed by atoms with Crippen molar-refractivity contribution >= 4 is 0 Å². The predicted octanol–water partition coefficient (Wildman–Crippen LogP) is 6.54. The van der Waals surface area contributed by atoms with Gasteiger partial charge in [0.15, 0.2) is 0 Å². The molecule has 192 valence electrons. The molecule has 1 spiro atoms. The topological polar surface area (TPSA) is 43.4 Å². The van der Waals surface area contributed by atoms with Crippen LogP contribution in [0.2, 0.25) is 0 Å². The number of ether oxygens (including phenoxy) is 2. The van der Waals surface area contributed by atoms with Gasteiger partial charge in [-0.1, -0.05) is 25.0 Å². The molecule has 0 radical (unpaired) electrons. The minimum Gasteiger partial charge on any atom is -0.406 e. The van der Waals surface area contributed by atoms with Gasteiger partial charge < -0.3 is 14.8 Å². The van der Waals surface area contributed by atoms with Gasteiger partial charge >= 0.3 is 12.5 Å². The van der Waals surface area contributed by atoms with Crippen molar-refractivity contribution in [1.29, 1.82) is 0 Å². The maximum absolute atomic E-state index is 13.0. The van der Waals surface area contributed by atoms with Crippen LogP contribution in [-0.2, 0) is 22.9 Å². The van der Waals surface area contributed by atoms with Crippen LogP contribution in [0.3, 0.4) is 0 Å². The lowest BCUT2D eigenvalue weighted by Gasteiger charge is -2.47. The third-order valence-electron chi connectivity index (χ3n) is 7.10. The molecule has 1 saturated heterocycles. The zero-order chi connectivity index (χ0) is 25.2. The molecule has 1 N–H and O–H groups in total. The lowest BCUT2D eigenvalue weighted by molar-refractivity contribution is -0.274. The van der Waals surface area contributed by atoms with Crippen molar-refractivity contribution in [3.05, 3.63) is 59.4 Å². The number of hydrogen-bond donors (Lipinski definition) is 1. The molecule has 0 amide bonds. The smallest absolute Gasteiger partial charge is 0.406 e. The summed E-state index contributed by atoms with van der Waals surface area (Å²) in [7, 11) is 0. The van der Waals surface area contributed by atoms with E-state index in [1.54, 1.807) is 12.1 Å². The Hall–Kier alpha value is -2.33. The standard InChI is InChI=1S/C25H28F6N2O2/c26-24(27,28)20-13-18(15-33-16-20)14-32-11-9-22(10-12-34-23(17-22)7-1-2-8-23)19-3-5-21(6-4-19)35-25(29,30)31/h3-6,13,15-16,32H,1-2,7-12,14,17H2/t22-/m1/s1. The summed E-state index contributed by atoms with van der Waals surface area (Å²) in [6.45, 7) is 1.30. The van der Waals surface area contributed by atoms with E-state index in [0.717, 1.165) is 49.9 Å². The first kappa shape index (κ1) is 25.8. The highest BCUT2D eigenvalue weighted by molar-refractivity contribution is 5.34. The number of halogens is 6. The van der Waals surface area contributed by atoms with Crippen molar-refractivity contribution in [2.24, 2.45) is 0 Å². The van der Waals surface area contributed by atoms with E-state index in [1.807, 2.05) is 0 Å². The van der Waals surface area contributed by atoms with E-state index in [-0.39, 0.29) is 23.3 Å². The molecule has 1 atom stereocenters. The Bertz CT molecular complexity index is 987.